The van der Waals surface area contributed by atoms with Crippen LogP contribution in [0.25, 0.3) is 0 Å². The molecular weight excluding hydrogens is 248 g/mol. The van der Waals surface area contributed by atoms with Crippen molar-refractivity contribution in [1.29, 1.82) is 0 Å². The van der Waals surface area contributed by atoms with Gasteiger partial charge in [-0.3, -0.25) is 4.79 Å². The molecule has 1 heterocycles. The molecule has 0 saturated carbocycles. The SMILES string of the molecule is CCc1ccccc1C(=O)Nc1cc(Cl)ccn1. The molecule has 1 aromatic heterocycles. The number of hydrogen-bond donors (Lipinski definition) is 1. The molecule has 3 nitrogen and oxygen atoms in total. The van der Waals surface area contributed by atoms with Gasteiger partial charge in [-0.2, -0.15) is 0 Å². The van der Waals surface area contributed by atoms with Crippen molar-refractivity contribution in [2.24, 2.45) is 0 Å². The first-order valence-electron chi connectivity index (χ1n) is 5.71. The molecule has 2 rings (SSSR count). The summed E-state index contributed by atoms with van der Waals surface area (Å²) in [6, 6.07) is 10.8. The van der Waals surface area contributed by atoms with Gasteiger partial charge in [-0.15, -0.1) is 0 Å². The molecule has 0 fully saturated rings. The molecule has 4 heteroatoms. The van der Waals surface area contributed by atoms with Crippen LogP contribution in [-0.2, 0) is 6.42 Å². The second-order valence-electron chi connectivity index (χ2n) is 3.82. The lowest BCUT2D eigenvalue weighted by Gasteiger charge is -2.08. The highest BCUT2D eigenvalue weighted by atomic mass is 35.5. The monoisotopic (exact) mass is 260 g/mol. The minimum Gasteiger partial charge on any atom is -0.307 e. The molecule has 0 atom stereocenters. The van der Waals surface area contributed by atoms with Gasteiger partial charge in [0.2, 0.25) is 0 Å². The Balaban J connectivity index is 2.22. The van der Waals surface area contributed by atoms with Crippen molar-refractivity contribution in [3.05, 3.63) is 58.7 Å². The van der Waals surface area contributed by atoms with E-state index in [9.17, 15) is 4.79 Å². The summed E-state index contributed by atoms with van der Waals surface area (Å²) in [5.74, 6) is 0.292. The van der Waals surface area contributed by atoms with Crippen LogP contribution in [0, 0.1) is 0 Å². The van der Waals surface area contributed by atoms with Gasteiger partial charge >= 0.3 is 0 Å². The van der Waals surface area contributed by atoms with Gasteiger partial charge in [-0.05, 0) is 30.2 Å². The number of pyridine rings is 1. The predicted molar refractivity (Wildman–Crippen MR) is 73.0 cm³/mol. The molecule has 0 saturated heterocycles. The maximum Gasteiger partial charge on any atom is 0.257 e. The molecule has 2 aromatic rings. The summed E-state index contributed by atoms with van der Waals surface area (Å²) in [6.45, 7) is 2.02. The zero-order chi connectivity index (χ0) is 13.0. The number of carbonyl (C=O) groups excluding carboxylic acids is 1. The van der Waals surface area contributed by atoms with Gasteiger partial charge < -0.3 is 5.32 Å². The van der Waals surface area contributed by atoms with E-state index in [4.69, 9.17) is 11.6 Å². The molecule has 1 amide bonds. The van der Waals surface area contributed by atoms with E-state index in [0.717, 1.165) is 12.0 Å². The van der Waals surface area contributed by atoms with Crippen LogP contribution in [0.15, 0.2) is 42.6 Å². The smallest absolute Gasteiger partial charge is 0.257 e. The van der Waals surface area contributed by atoms with Crippen molar-refractivity contribution in [2.75, 3.05) is 5.32 Å². The fourth-order valence-electron chi connectivity index (χ4n) is 1.71. The van der Waals surface area contributed by atoms with Crippen LogP contribution in [0.4, 0.5) is 5.82 Å². The average molecular weight is 261 g/mol. The van der Waals surface area contributed by atoms with E-state index in [1.807, 2.05) is 25.1 Å². The van der Waals surface area contributed by atoms with Crippen LogP contribution in [-0.4, -0.2) is 10.9 Å². The van der Waals surface area contributed by atoms with E-state index in [2.05, 4.69) is 10.3 Å². The van der Waals surface area contributed by atoms with Crippen molar-refractivity contribution >= 4 is 23.3 Å². The summed E-state index contributed by atoms with van der Waals surface area (Å²) in [4.78, 5) is 16.2. The Morgan fingerprint density at radius 1 is 1.33 bits per heavy atom. The first-order valence-corrected chi connectivity index (χ1v) is 6.09. The first kappa shape index (κ1) is 12.6. The zero-order valence-corrected chi connectivity index (χ0v) is 10.7. The molecule has 18 heavy (non-hydrogen) atoms. The lowest BCUT2D eigenvalue weighted by molar-refractivity contribution is 0.102. The third kappa shape index (κ3) is 2.87. The van der Waals surface area contributed by atoms with Crippen LogP contribution in [0.5, 0.6) is 0 Å². The van der Waals surface area contributed by atoms with E-state index < -0.39 is 0 Å². The Bertz CT molecular complexity index is 569. The normalized spacial score (nSPS) is 10.1. The summed E-state index contributed by atoms with van der Waals surface area (Å²) < 4.78 is 0. The van der Waals surface area contributed by atoms with Crippen molar-refractivity contribution in [3.8, 4) is 0 Å². The van der Waals surface area contributed by atoms with Crippen molar-refractivity contribution < 1.29 is 4.79 Å². The predicted octanol–water partition coefficient (Wildman–Crippen LogP) is 3.55. The zero-order valence-electron chi connectivity index (χ0n) is 9.98. The highest BCUT2D eigenvalue weighted by molar-refractivity contribution is 6.30. The van der Waals surface area contributed by atoms with Crippen LogP contribution in [0.3, 0.4) is 0 Å². The topological polar surface area (TPSA) is 42.0 Å². The number of nitrogens with zero attached hydrogens (tertiary/aromatic N) is 1. The standard InChI is InChI=1S/C14H13ClN2O/c1-2-10-5-3-4-6-12(10)14(18)17-13-9-11(15)7-8-16-13/h3-9H,2H2,1H3,(H,16,17,18). The van der Waals surface area contributed by atoms with Crippen LogP contribution in [0.1, 0.15) is 22.8 Å². The quantitative estimate of drug-likeness (QED) is 0.917. The van der Waals surface area contributed by atoms with Crippen molar-refractivity contribution in [3.63, 3.8) is 0 Å². The fraction of sp³-hybridized carbons (Fsp3) is 0.143. The number of rotatable bonds is 3. The van der Waals surface area contributed by atoms with Gasteiger partial charge in [0.05, 0.1) is 0 Å². The summed E-state index contributed by atoms with van der Waals surface area (Å²) >= 11 is 5.84. The Labute approximate surface area is 111 Å². The largest absolute Gasteiger partial charge is 0.307 e. The average Bonchev–Trinajstić information content (AvgIpc) is 2.38. The van der Waals surface area contributed by atoms with Crippen LogP contribution >= 0.6 is 11.6 Å². The second-order valence-corrected chi connectivity index (χ2v) is 4.26. The summed E-state index contributed by atoms with van der Waals surface area (Å²) in [6.07, 6.45) is 2.37. The molecule has 0 aliphatic rings. The summed E-state index contributed by atoms with van der Waals surface area (Å²) in [7, 11) is 0. The second kappa shape index (κ2) is 5.65. The van der Waals surface area contributed by atoms with Gasteiger partial charge in [0, 0.05) is 16.8 Å². The molecule has 92 valence electrons. The summed E-state index contributed by atoms with van der Waals surface area (Å²) in [5, 5.41) is 3.28. The number of carbonyl (C=O) groups is 1. The Hall–Kier alpha value is -1.87. The van der Waals surface area contributed by atoms with Gasteiger partial charge in [0.1, 0.15) is 5.82 Å². The number of hydrogen-bond acceptors (Lipinski definition) is 2. The lowest BCUT2D eigenvalue weighted by atomic mass is 10.0. The van der Waals surface area contributed by atoms with E-state index in [1.54, 1.807) is 24.4 Å². The lowest BCUT2D eigenvalue weighted by Crippen LogP contribution is -2.14. The number of halogens is 1. The maximum atomic E-state index is 12.1. The number of amides is 1. The molecule has 0 spiro atoms. The van der Waals surface area contributed by atoms with Crippen LogP contribution < -0.4 is 5.32 Å². The third-order valence-corrected chi connectivity index (χ3v) is 2.84. The van der Waals surface area contributed by atoms with E-state index in [0.29, 0.717) is 16.4 Å². The van der Waals surface area contributed by atoms with Crippen LogP contribution in [0.2, 0.25) is 5.02 Å². The Kier molecular flexibility index (Phi) is 3.95. The van der Waals surface area contributed by atoms with E-state index in [-0.39, 0.29) is 5.91 Å². The minimum absolute atomic E-state index is 0.165. The first-order chi connectivity index (χ1) is 8.70. The molecule has 1 N–H and O–H groups in total. The molecule has 0 aliphatic carbocycles. The molecule has 0 bridgehead atoms. The molecular formula is C14H13ClN2O. The van der Waals surface area contributed by atoms with Gasteiger partial charge in [0.15, 0.2) is 0 Å². The maximum absolute atomic E-state index is 12.1. The minimum atomic E-state index is -0.165. The van der Waals surface area contributed by atoms with Gasteiger partial charge in [0.25, 0.3) is 5.91 Å². The molecule has 0 aliphatic heterocycles. The van der Waals surface area contributed by atoms with Gasteiger partial charge in [-0.1, -0.05) is 36.7 Å². The molecule has 1 aromatic carbocycles. The number of anilines is 1. The highest BCUT2D eigenvalue weighted by Crippen LogP contribution is 2.15. The number of aromatic nitrogens is 1. The van der Waals surface area contributed by atoms with Gasteiger partial charge in [-0.25, -0.2) is 4.98 Å². The molecule has 0 radical (unpaired) electrons. The summed E-state index contributed by atoms with van der Waals surface area (Å²) in [5.41, 5.74) is 1.68. The number of nitrogens with one attached hydrogen (secondary N) is 1. The Morgan fingerprint density at radius 2 is 2.11 bits per heavy atom. The number of benzene rings is 1. The number of aryl methyl sites for hydroxylation is 1. The molecule has 0 unspecified atom stereocenters. The Morgan fingerprint density at radius 3 is 2.83 bits per heavy atom. The van der Waals surface area contributed by atoms with E-state index in [1.165, 1.54) is 0 Å². The van der Waals surface area contributed by atoms with E-state index >= 15 is 0 Å². The van der Waals surface area contributed by atoms with Crippen molar-refractivity contribution in [2.45, 2.75) is 13.3 Å². The van der Waals surface area contributed by atoms with Crippen molar-refractivity contribution in [1.82, 2.24) is 4.98 Å². The third-order valence-electron chi connectivity index (χ3n) is 2.61. The fourth-order valence-corrected chi connectivity index (χ4v) is 1.87. The highest BCUT2D eigenvalue weighted by Gasteiger charge is 2.10.